The molecule has 0 aromatic carbocycles. The molecule has 1 aliphatic rings. The third-order valence-corrected chi connectivity index (χ3v) is 3.87. The van der Waals surface area contributed by atoms with E-state index in [1.807, 2.05) is 0 Å². The SMILES string of the molecule is CCCCC1=CN(C(C)C)C(C)(C)N=C1SC. The number of nitrogens with zero attached hydrogens (tertiary/aromatic N) is 2. The average Bonchev–Trinajstić information content (AvgIpc) is 2.25. The van der Waals surface area contributed by atoms with Gasteiger partial charge in [0.15, 0.2) is 0 Å². The van der Waals surface area contributed by atoms with Crippen LogP contribution in [0.5, 0.6) is 0 Å². The molecule has 0 atom stereocenters. The second-order valence-electron chi connectivity index (χ2n) is 5.37. The van der Waals surface area contributed by atoms with E-state index in [-0.39, 0.29) is 5.66 Å². The van der Waals surface area contributed by atoms with Crippen LogP contribution in [0, 0.1) is 0 Å². The number of rotatable bonds is 4. The molecule has 0 fully saturated rings. The van der Waals surface area contributed by atoms with Crippen molar-refractivity contribution in [1.82, 2.24) is 4.90 Å². The zero-order valence-electron chi connectivity index (χ0n) is 12.1. The van der Waals surface area contributed by atoms with E-state index in [0.29, 0.717) is 6.04 Å². The molecule has 3 heteroatoms. The number of hydrogen-bond acceptors (Lipinski definition) is 3. The Labute approximate surface area is 111 Å². The summed E-state index contributed by atoms with van der Waals surface area (Å²) in [7, 11) is 0. The molecule has 1 aliphatic heterocycles. The van der Waals surface area contributed by atoms with Crippen molar-refractivity contribution in [3.8, 4) is 0 Å². The summed E-state index contributed by atoms with van der Waals surface area (Å²) in [5.74, 6) is 0. The van der Waals surface area contributed by atoms with E-state index in [2.05, 4.69) is 52.0 Å². The lowest BCUT2D eigenvalue weighted by molar-refractivity contribution is 0.151. The highest BCUT2D eigenvalue weighted by Crippen LogP contribution is 2.31. The summed E-state index contributed by atoms with van der Waals surface area (Å²) in [6.45, 7) is 11.1. The molecule has 0 aromatic heterocycles. The molecule has 0 saturated heterocycles. The molecule has 0 saturated carbocycles. The maximum absolute atomic E-state index is 4.91. The predicted molar refractivity (Wildman–Crippen MR) is 79.6 cm³/mol. The zero-order chi connectivity index (χ0) is 13.1. The third kappa shape index (κ3) is 3.51. The van der Waals surface area contributed by atoms with Crippen molar-refractivity contribution in [2.24, 2.45) is 4.99 Å². The molecule has 0 unspecified atom stereocenters. The van der Waals surface area contributed by atoms with Gasteiger partial charge in [0.1, 0.15) is 5.66 Å². The van der Waals surface area contributed by atoms with Gasteiger partial charge in [-0.1, -0.05) is 13.3 Å². The molecule has 1 heterocycles. The number of hydrogen-bond donors (Lipinski definition) is 0. The molecule has 0 radical (unpaired) electrons. The highest BCUT2D eigenvalue weighted by Gasteiger charge is 2.30. The minimum Gasteiger partial charge on any atom is -0.351 e. The number of thioether (sulfide) groups is 1. The van der Waals surface area contributed by atoms with Crippen molar-refractivity contribution in [3.63, 3.8) is 0 Å². The molecule has 0 aliphatic carbocycles. The van der Waals surface area contributed by atoms with Crippen molar-refractivity contribution >= 4 is 16.8 Å². The van der Waals surface area contributed by atoms with Gasteiger partial charge in [-0.25, -0.2) is 0 Å². The lowest BCUT2D eigenvalue weighted by atomic mass is 10.0. The zero-order valence-corrected chi connectivity index (χ0v) is 12.9. The Hall–Kier alpha value is -0.440. The van der Waals surface area contributed by atoms with Gasteiger partial charge in [-0.3, -0.25) is 4.99 Å². The smallest absolute Gasteiger partial charge is 0.127 e. The van der Waals surface area contributed by atoms with Gasteiger partial charge in [-0.05, 0) is 52.4 Å². The third-order valence-electron chi connectivity index (χ3n) is 3.13. The van der Waals surface area contributed by atoms with Gasteiger partial charge in [-0.2, -0.15) is 0 Å². The highest BCUT2D eigenvalue weighted by molar-refractivity contribution is 8.13. The van der Waals surface area contributed by atoms with Crippen molar-refractivity contribution in [1.29, 1.82) is 0 Å². The first kappa shape index (κ1) is 14.6. The van der Waals surface area contributed by atoms with Crippen LogP contribution < -0.4 is 0 Å². The Morgan fingerprint density at radius 3 is 2.53 bits per heavy atom. The van der Waals surface area contributed by atoms with Crippen LogP contribution in [0.25, 0.3) is 0 Å². The van der Waals surface area contributed by atoms with Gasteiger partial charge in [-0.15, -0.1) is 11.8 Å². The van der Waals surface area contributed by atoms with E-state index in [9.17, 15) is 0 Å². The van der Waals surface area contributed by atoms with Gasteiger partial charge >= 0.3 is 0 Å². The van der Waals surface area contributed by atoms with Gasteiger partial charge in [0.25, 0.3) is 0 Å². The number of aliphatic imine (C=N–C) groups is 1. The van der Waals surface area contributed by atoms with Crippen LogP contribution >= 0.6 is 11.8 Å². The summed E-state index contributed by atoms with van der Waals surface area (Å²) in [5.41, 5.74) is 1.30. The first-order valence-corrected chi connectivity index (χ1v) is 7.78. The first-order chi connectivity index (χ1) is 7.92. The molecule has 17 heavy (non-hydrogen) atoms. The molecular weight excluding hydrogens is 228 g/mol. The molecule has 2 nitrogen and oxygen atoms in total. The minimum absolute atomic E-state index is 0.109. The Morgan fingerprint density at radius 2 is 2.06 bits per heavy atom. The molecular formula is C14H26N2S. The Morgan fingerprint density at radius 1 is 1.41 bits per heavy atom. The first-order valence-electron chi connectivity index (χ1n) is 6.55. The van der Waals surface area contributed by atoms with E-state index < -0.39 is 0 Å². The van der Waals surface area contributed by atoms with Crippen LogP contribution in [0.3, 0.4) is 0 Å². The summed E-state index contributed by atoms with van der Waals surface area (Å²) in [4.78, 5) is 7.28. The maximum atomic E-state index is 4.91. The van der Waals surface area contributed by atoms with E-state index in [1.165, 1.54) is 23.5 Å². The van der Waals surface area contributed by atoms with Gasteiger partial charge in [0.2, 0.25) is 0 Å². The fourth-order valence-corrected chi connectivity index (χ4v) is 2.99. The van der Waals surface area contributed by atoms with Crippen LogP contribution in [0.1, 0.15) is 53.9 Å². The second kappa shape index (κ2) is 5.94. The Kier molecular flexibility index (Phi) is 5.11. The van der Waals surface area contributed by atoms with Gasteiger partial charge in [0, 0.05) is 12.2 Å². The fourth-order valence-electron chi connectivity index (χ4n) is 2.26. The highest BCUT2D eigenvalue weighted by atomic mass is 32.2. The van der Waals surface area contributed by atoms with Crippen LogP contribution in [0.4, 0.5) is 0 Å². The molecule has 0 bridgehead atoms. The second-order valence-corrected chi connectivity index (χ2v) is 6.17. The lowest BCUT2D eigenvalue weighted by Gasteiger charge is -2.42. The summed E-state index contributed by atoms with van der Waals surface area (Å²) in [6, 6.07) is 0.494. The lowest BCUT2D eigenvalue weighted by Crippen LogP contribution is -2.46. The van der Waals surface area contributed by atoms with Crippen molar-refractivity contribution in [2.45, 2.75) is 65.6 Å². The standard InChI is InChI=1S/C14H26N2S/c1-7-8-9-12-10-16(11(2)3)14(4,5)15-13(12)17-6/h10-11H,7-9H2,1-6H3. The molecule has 0 aromatic rings. The van der Waals surface area contributed by atoms with Gasteiger partial charge in [0.05, 0.1) is 5.04 Å². The topological polar surface area (TPSA) is 15.6 Å². The van der Waals surface area contributed by atoms with Gasteiger partial charge < -0.3 is 4.90 Å². The largest absolute Gasteiger partial charge is 0.351 e. The van der Waals surface area contributed by atoms with E-state index in [0.717, 1.165) is 6.42 Å². The average molecular weight is 254 g/mol. The van der Waals surface area contributed by atoms with E-state index in [4.69, 9.17) is 4.99 Å². The monoisotopic (exact) mass is 254 g/mol. The summed E-state index contributed by atoms with van der Waals surface area (Å²) in [5, 5.41) is 1.22. The normalized spacial score (nSPS) is 19.4. The van der Waals surface area contributed by atoms with E-state index >= 15 is 0 Å². The van der Waals surface area contributed by atoms with Crippen molar-refractivity contribution < 1.29 is 0 Å². The maximum Gasteiger partial charge on any atom is 0.127 e. The molecule has 1 rings (SSSR count). The van der Waals surface area contributed by atoms with Crippen LogP contribution in [-0.4, -0.2) is 27.9 Å². The van der Waals surface area contributed by atoms with E-state index in [1.54, 1.807) is 11.8 Å². The van der Waals surface area contributed by atoms with Crippen LogP contribution in [0.15, 0.2) is 16.8 Å². The Balaban J connectivity index is 2.97. The quantitative estimate of drug-likeness (QED) is 0.744. The molecule has 98 valence electrons. The summed E-state index contributed by atoms with van der Waals surface area (Å²) in [6.07, 6.45) is 8.09. The summed E-state index contributed by atoms with van der Waals surface area (Å²) < 4.78 is 0. The predicted octanol–water partition coefficient (Wildman–Crippen LogP) is 4.28. The van der Waals surface area contributed by atoms with Crippen LogP contribution in [0.2, 0.25) is 0 Å². The Bertz CT molecular complexity index is 316. The molecule has 0 spiro atoms. The van der Waals surface area contributed by atoms with Crippen molar-refractivity contribution in [3.05, 3.63) is 11.8 Å². The molecule has 0 amide bonds. The van der Waals surface area contributed by atoms with Crippen molar-refractivity contribution in [2.75, 3.05) is 6.26 Å². The minimum atomic E-state index is -0.109. The summed E-state index contributed by atoms with van der Waals surface area (Å²) >= 11 is 1.78. The molecule has 0 N–H and O–H groups in total. The fraction of sp³-hybridized carbons (Fsp3) is 0.786. The number of unbranched alkanes of at least 4 members (excludes halogenated alkanes) is 1. The van der Waals surface area contributed by atoms with Crippen LogP contribution in [-0.2, 0) is 0 Å².